The standard InChI is InChI=1S/C12H24N4.ClH/c1-11(2)15(3)8-5-7-13-10-12-6-9-16(4)14-12;/h6,9,11,13H,5,7-8,10H2,1-4H3;1H. The van der Waals surface area contributed by atoms with E-state index in [-0.39, 0.29) is 12.4 Å². The van der Waals surface area contributed by atoms with E-state index in [0.717, 1.165) is 25.3 Å². The Bertz CT molecular complexity index is 298. The fourth-order valence-corrected chi connectivity index (χ4v) is 1.49. The van der Waals surface area contributed by atoms with Crippen LogP contribution in [0.15, 0.2) is 12.3 Å². The van der Waals surface area contributed by atoms with Crippen LogP contribution in [0.4, 0.5) is 0 Å². The molecular weight excluding hydrogens is 236 g/mol. The van der Waals surface area contributed by atoms with Crippen molar-refractivity contribution < 1.29 is 0 Å². The van der Waals surface area contributed by atoms with E-state index in [1.54, 1.807) is 0 Å². The number of hydrogen-bond acceptors (Lipinski definition) is 3. The van der Waals surface area contributed by atoms with Crippen LogP contribution in [0, 0.1) is 0 Å². The highest BCUT2D eigenvalue weighted by Gasteiger charge is 2.01. The van der Waals surface area contributed by atoms with Gasteiger partial charge in [0, 0.05) is 25.8 Å². The summed E-state index contributed by atoms with van der Waals surface area (Å²) in [6.45, 7) is 7.51. The lowest BCUT2D eigenvalue weighted by atomic mass is 10.3. The van der Waals surface area contributed by atoms with Crippen molar-refractivity contribution in [1.29, 1.82) is 0 Å². The molecule has 0 aliphatic rings. The van der Waals surface area contributed by atoms with Crippen molar-refractivity contribution >= 4 is 12.4 Å². The first-order chi connectivity index (χ1) is 7.59. The summed E-state index contributed by atoms with van der Waals surface area (Å²) in [4.78, 5) is 2.36. The maximum absolute atomic E-state index is 4.32. The molecule has 17 heavy (non-hydrogen) atoms. The van der Waals surface area contributed by atoms with Gasteiger partial charge in [-0.15, -0.1) is 12.4 Å². The Morgan fingerprint density at radius 3 is 2.71 bits per heavy atom. The van der Waals surface area contributed by atoms with Crippen molar-refractivity contribution in [3.8, 4) is 0 Å². The van der Waals surface area contributed by atoms with Crippen LogP contribution >= 0.6 is 12.4 Å². The van der Waals surface area contributed by atoms with Crippen LogP contribution < -0.4 is 5.32 Å². The van der Waals surface area contributed by atoms with Gasteiger partial charge in [0.2, 0.25) is 0 Å². The maximum atomic E-state index is 4.32. The smallest absolute Gasteiger partial charge is 0.0762 e. The van der Waals surface area contributed by atoms with Crippen molar-refractivity contribution in [2.45, 2.75) is 32.9 Å². The molecule has 5 heteroatoms. The minimum Gasteiger partial charge on any atom is -0.311 e. The van der Waals surface area contributed by atoms with Crippen molar-refractivity contribution in [3.05, 3.63) is 18.0 Å². The lowest BCUT2D eigenvalue weighted by molar-refractivity contribution is 0.269. The first-order valence-corrected chi connectivity index (χ1v) is 5.99. The number of nitrogens with one attached hydrogen (secondary N) is 1. The summed E-state index contributed by atoms with van der Waals surface area (Å²) in [5.74, 6) is 0. The molecule has 0 aromatic carbocycles. The molecule has 0 bridgehead atoms. The molecule has 1 aromatic heterocycles. The van der Waals surface area contributed by atoms with Gasteiger partial charge in [0.05, 0.1) is 5.69 Å². The van der Waals surface area contributed by atoms with Gasteiger partial charge in [-0.05, 0) is 46.5 Å². The molecule has 0 radical (unpaired) electrons. The van der Waals surface area contributed by atoms with Gasteiger partial charge in [-0.2, -0.15) is 5.10 Å². The van der Waals surface area contributed by atoms with Crippen molar-refractivity contribution in [2.75, 3.05) is 20.1 Å². The van der Waals surface area contributed by atoms with Crippen LogP contribution in [-0.4, -0.2) is 40.9 Å². The van der Waals surface area contributed by atoms with Gasteiger partial charge in [0.25, 0.3) is 0 Å². The Morgan fingerprint density at radius 1 is 1.47 bits per heavy atom. The number of rotatable bonds is 7. The summed E-state index contributed by atoms with van der Waals surface area (Å²) >= 11 is 0. The number of hydrogen-bond donors (Lipinski definition) is 1. The second kappa shape index (κ2) is 8.50. The molecular formula is C12H25ClN4. The molecule has 1 aromatic rings. The SMILES string of the molecule is CC(C)N(C)CCCNCc1ccn(C)n1.Cl. The predicted octanol–water partition coefficient (Wildman–Crippen LogP) is 1.66. The molecule has 0 aliphatic carbocycles. The third-order valence-corrected chi connectivity index (χ3v) is 2.82. The van der Waals surface area contributed by atoms with Gasteiger partial charge >= 0.3 is 0 Å². The van der Waals surface area contributed by atoms with E-state index in [1.165, 1.54) is 6.42 Å². The molecule has 4 nitrogen and oxygen atoms in total. The van der Waals surface area contributed by atoms with E-state index < -0.39 is 0 Å². The van der Waals surface area contributed by atoms with Crippen LogP contribution in [0.3, 0.4) is 0 Å². The van der Waals surface area contributed by atoms with Gasteiger partial charge < -0.3 is 10.2 Å². The molecule has 1 N–H and O–H groups in total. The minimum atomic E-state index is 0. The Morgan fingerprint density at radius 2 is 2.18 bits per heavy atom. The van der Waals surface area contributed by atoms with Crippen molar-refractivity contribution in [2.24, 2.45) is 7.05 Å². The van der Waals surface area contributed by atoms with E-state index >= 15 is 0 Å². The molecule has 0 amide bonds. The van der Waals surface area contributed by atoms with E-state index in [9.17, 15) is 0 Å². The second-order valence-corrected chi connectivity index (χ2v) is 4.59. The largest absolute Gasteiger partial charge is 0.311 e. The average molecular weight is 261 g/mol. The number of aryl methyl sites for hydroxylation is 1. The normalized spacial score (nSPS) is 10.9. The molecule has 0 spiro atoms. The first kappa shape index (κ1) is 16.4. The third-order valence-electron chi connectivity index (χ3n) is 2.82. The molecule has 0 fully saturated rings. The van der Waals surface area contributed by atoms with Crippen LogP contribution in [-0.2, 0) is 13.6 Å². The zero-order chi connectivity index (χ0) is 12.0. The Kier molecular flexibility index (Phi) is 8.21. The first-order valence-electron chi connectivity index (χ1n) is 5.99. The van der Waals surface area contributed by atoms with Gasteiger partial charge in [-0.1, -0.05) is 0 Å². The number of aromatic nitrogens is 2. The fraction of sp³-hybridized carbons (Fsp3) is 0.750. The minimum absolute atomic E-state index is 0. The maximum Gasteiger partial charge on any atom is 0.0762 e. The highest BCUT2D eigenvalue weighted by atomic mass is 35.5. The zero-order valence-corrected chi connectivity index (χ0v) is 12.1. The monoisotopic (exact) mass is 260 g/mol. The molecule has 1 heterocycles. The average Bonchev–Trinajstić information content (AvgIpc) is 2.63. The van der Waals surface area contributed by atoms with Gasteiger partial charge in [0.1, 0.15) is 0 Å². The topological polar surface area (TPSA) is 33.1 Å². The summed E-state index contributed by atoms with van der Waals surface area (Å²) < 4.78 is 1.84. The third kappa shape index (κ3) is 6.66. The lowest BCUT2D eigenvalue weighted by Crippen LogP contribution is -2.29. The highest BCUT2D eigenvalue weighted by Crippen LogP contribution is 1.95. The van der Waals surface area contributed by atoms with Crippen LogP contribution in [0.2, 0.25) is 0 Å². The molecule has 0 saturated heterocycles. The Labute approximate surface area is 111 Å². The van der Waals surface area contributed by atoms with E-state index in [2.05, 4.69) is 36.2 Å². The highest BCUT2D eigenvalue weighted by molar-refractivity contribution is 5.85. The van der Waals surface area contributed by atoms with Gasteiger partial charge in [0.15, 0.2) is 0 Å². The zero-order valence-electron chi connectivity index (χ0n) is 11.3. The van der Waals surface area contributed by atoms with Crippen molar-refractivity contribution in [1.82, 2.24) is 20.0 Å². The summed E-state index contributed by atoms with van der Waals surface area (Å²) in [6, 6.07) is 2.68. The predicted molar refractivity (Wildman–Crippen MR) is 74.5 cm³/mol. The summed E-state index contributed by atoms with van der Waals surface area (Å²) in [5.41, 5.74) is 1.11. The Hall–Kier alpha value is -0.580. The number of nitrogens with zero attached hydrogens (tertiary/aromatic N) is 3. The second-order valence-electron chi connectivity index (χ2n) is 4.59. The lowest BCUT2D eigenvalue weighted by Gasteiger charge is -2.20. The Balaban J connectivity index is 0.00000256. The summed E-state index contributed by atoms with van der Waals surface area (Å²) in [6.07, 6.45) is 3.16. The molecule has 0 unspecified atom stereocenters. The van der Waals surface area contributed by atoms with Crippen LogP contribution in [0.25, 0.3) is 0 Å². The van der Waals surface area contributed by atoms with Crippen LogP contribution in [0.1, 0.15) is 26.0 Å². The molecule has 100 valence electrons. The fourth-order valence-electron chi connectivity index (χ4n) is 1.49. The van der Waals surface area contributed by atoms with E-state index in [4.69, 9.17) is 0 Å². The van der Waals surface area contributed by atoms with E-state index in [1.807, 2.05) is 24.0 Å². The van der Waals surface area contributed by atoms with E-state index in [0.29, 0.717) is 6.04 Å². The molecule has 0 saturated carbocycles. The van der Waals surface area contributed by atoms with Crippen molar-refractivity contribution in [3.63, 3.8) is 0 Å². The summed E-state index contributed by atoms with van der Waals surface area (Å²) in [7, 11) is 4.12. The van der Waals surface area contributed by atoms with Gasteiger partial charge in [-0.25, -0.2) is 0 Å². The number of halogens is 1. The quantitative estimate of drug-likeness (QED) is 0.757. The molecule has 0 atom stereocenters. The van der Waals surface area contributed by atoms with Gasteiger partial charge in [-0.3, -0.25) is 4.68 Å². The molecule has 1 rings (SSSR count). The summed E-state index contributed by atoms with van der Waals surface area (Å²) in [5, 5.41) is 7.72. The van der Waals surface area contributed by atoms with Crippen LogP contribution in [0.5, 0.6) is 0 Å². The molecule has 0 aliphatic heterocycles.